The molecule has 26 nitrogen and oxygen atoms in total. The van der Waals surface area contributed by atoms with E-state index in [2.05, 4.69) is 176 Å². The summed E-state index contributed by atoms with van der Waals surface area (Å²) in [6.07, 6.45) is 14.8. The molecular formula is C104H141N19O7S3. The Hall–Kier alpha value is -10.8. The van der Waals surface area contributed by atoms with Gasteiger partial charge in [-0.3, -0.25) is 12.6 Å². The topological polar surface area (TPSA) is 309 Å². The number of para-hydroxylation sites is 3. The molecule has 6 aromatic heterocycles. The van der Waals surface area contributed by atoms with Crippen molar-refractivity contribution in [3.63, 3.8) is 0 Å². The Kier molecular flexibility index (Phi) is 31.7. The number of anilines is 12. The summed E-state index contributed by atoms with van der Waals surface area (Å²) in [6.45, 7) is 44.8. The first kappa shape index (κ1) is 98.2. The molecule has 29 heteroatoms. The second-order valence-electron chi connectivity index (χ2n) is 38.2. The number of hydrogen-bond acceptors (Lipinski definition) is 23. The first-order valence-electron chi connectivity index (χ1n) is 47.5. The van der Waals surface area contributed by atoms with E-state index >= 15 is 0 Å². The molecule has 10 N–H and O–H groups in total. The lowest BCUT2D eigenvalue weighted by Crippen LogP contribution is -2.46. The number of benzene rings is 6. The van der Waals surface area contributed by atoms with Crippen LogP contribution in [0, 0.1) is 20.8 Å². The molecule has 0 saturated carbocycles. The number of hydrogen-bond donors (Lipinski definition) is 10. The zero-order valence-corrected chi connectivity index (χ0v) is 83.6. The van der Waals surface area contributed by atoms with E-state index in [-0.39, 0.29) is 40.7 Å². The van der Waals surface area contributed by atoms with E-state index in [9.17, 15) is 17.7 Å². The molecule has 0 bridgehead atoms. The maximum absolute atomic E-state index is 13.6. The zero-order valence-electron chi connectivity index (χ0n) is 81.2. The highest BCUT2D eigenvalue weighted by Crippen LogP contribution is 2.45. The van der Waals surface area contributed by atoms with Gasteiger partial charge >= 0.3 is 0 Å². The van der Waals surface area contributed by atoms with E-state index in [4.69, 9.17) is 44.1 Å². The number of rotatable bonds is 31. The molecule has 4 fully saturated rings. The summed E-state index contributed by atoms with van der Waals surface area (Å²) in [5, 5.41) is 32.2. The summed E-state index contributed by atoms with van der Waals surface area (Å²) in [6, 6.07) is 43.0. The van der Waals surface area contributed by atoms with Gasteiger partial charge in [0, 0.05) is 81.5 Å². The van der Waals surface area contributed by atoms with Gasteiger partial charge in [0.05, 0.1) is 89.9 Å². The molecule has 0 amide bonds. The number of aromatic amines is 3. The lowest BCUT2D eigenvalue weighted by molar-refractivity contribution is 0.0965. The summed E-state index contributed by atoms with van der Waals surface area (Å²) >= 11 is 0. The van der Waals surface area contributed by atoms with E-state index in [1.165, 1.54) is 72.2 Å². The van der Waals surface area contributed by atoms with Crippen molar-refractivity contribution in [3.8, 4) is 17.2 Å². The molecular weight excluding hydrogens is 1720 g/mol. The molecule has 712 valence electrons. The predicted molar refractivity (Wildman–Crippen MR) is 556 cm³/mol. The highest BCUT2D eigenvalue weighted by atomic mass is 32.2. The Morgan fingerprint density at radius 1 is 0.398 bits per heavy atom. The molecule has 0 radical (unpaired) electrons. The van der Waals surface area contributed by atoms with Crippen molar-refractivity contribution < 1.29 is 31.9 Å². The second-order valence-corrected chi connectivity index (χ2v) is 46.7. The van der Waals surface area contributed by atoms with Crippen molar-refractivity contribution >= 4 is 149 Å². The molecule has 133 heavy (non-hydrogen) atoms. The summed E-state index contributed by atoms with van der Waals surface area (Å²) in [7, 11) is -5.33. The fraction of sp³-hybridized carbons (Fsp3) is 0.452. The second kappa shape index (κ2) is 42.9. The first-order chi connectivity index (χ1) is 63.5. The Morgan fingerprint density at radius 3 is 1.01 bits per heavy atom. The fourth-order valence-electron chi connectivity index (χ4n) is 18.4. The van der Waals surface area contributed by atoms with Crippen LogP contribution in [0.4, 0.5) is 69.4 Å². The van der Waals surface area contributed by atoms with Gasteiger partial charge in [0.15, 0.2) is 0 Å². The number of aliphatic hydroxyl groups excluding tert-OH is 1. The lowest BCUT2D eigenvalue weighted by Gasteiger charge is -2.41. The number of piperidine rings is 4. The Balaban J connectivity index is 0.000000161. The van der Waals surface area contributed by atoms with Gasteiger partial charge in [0.1, 0.15) is 51.6 Å². The highest BCUT2D eigenvalue weighted by Gasteiger charge is 2.33. The standard InChI is InChI=1S/C37H51N7O2S.C34H46N6O2S.C33H44N6O3S/c1-24(2)46-33-23-30(27-13-20-44(21-14-27)28-15-18-43(6)19-16-28)26(5)22-32(33)40-37-41-35-29(12-17-38-35)36(42-37)39-31-10-8-9-11-34(31)47(7,45)25(3)4;1-21(2)40-17-14-25(15-18-40)27-20-30(42-22(3)4)29(19-24(27)7)37-34-38-32-26(13-16-35-32)33(39-34)36-28-11-9-10-12-31(28)43(8,41)23(5)6;1-21(2)42-29-20-26(24-12-15-39(16-13-24)17-18-40)23(5)19-28(29)36-33-37-31-25(11-14-34-31)32(38-33)35-27-9-7-8-10-30(27)43(6,41)22(3)4/h8-12,17,22-25,27-28H,7,13-16,18-21H2,1-6H3,(H3,38,39,40,41,42);9-13,16,19-23,25H,8,14-15,17-18H2,1-7H3,(H3,35,36,37,38,39);7-11,14,19-22,24,40H,6,12-13,15-18H2,1-5H3,(H3,34,35,36,37,38). The largest absolute Gasteiger partial charge is 0.489 e. The molecule has 6 aromatic carbocycles. The zero-order chi connectivity index (χ0) is 94.9. The van der Waals surface area contributed by atoms with Gasteiger partial charge in [0.2, 0.25) is 17.8 Å². The Bertz CT molecular complexity index is 6370. The molecule has 4 aliphatic rings. The minimum absolute atomic E-state index is 0.0105. The number of ether oxygens (including phenoxy) is 3. The van der Waals surface area contributed by atoms with Gasteiger partial charge in [-0.2, -0.15) is 29.9 Å². The molecule has 16 rings (SSSR count). The predicted octanol–water partition coefficient (Wildman–Crippen LogP) is 21.1. The maximum Gasteiger partial charge on any atom is 0.231 e. The summed E-state index contributed by atoms with van der Waals surface area (Å²) < 4.78 is 59.8. The minimum Gasteiger partial charge on any atom is -0.489 e. The molecule has 4 saturated heterocycles. The third-order valence-corrected chi connectivity index (χ3v) is 34.2. The van der Waals surface area contributed by atoms with Crippen molar-refractivity contribution in [2.24, 2.45) is 0 Å². The SMILES string of the molecule is C=S(=O)(c1ccccc1Nc1nc(Nc2cc(C)c(C3CCN(C(C)C)CC3)cc2OC(C)C)nc2[nH]ccc12)C(C)C.C=S(=O)(c1ccccc1Nc1nc(Nc2cc(C)c(C3CCN(C4CCN(C)CC4)CC3)cc2OC(C)C)nc2[nH]ccc12)C(C)C.C=S(=O)(c1ccccc1Nc1nc(Nc2cc(C)c(C3CCN(CCO)CC3)cc2OC(C)C)nc2[nH]ccc12)C(C)C. The van der Waals surface area contributed by atoms with Crippen molar-refractivity contribution in [3.05, 3.63) is 179 Å². The van der Waals surface area contributed by atoms with E-state index < -0.39 is 28.6 Å². The maximum atomic E-state index is 13.6. The summed E-state index contributed by atoms with van der Waals surface area (Å²) in [4.78, 5) is 50.8. The van der Waals surface area contributed by atoms with Crippen LogP contribution in [-0.4, -0.2) is 219 Å². The third-order valence-electron chi connectivity index (χ3n) is 26.3. The van der Waals surface area contributed by atoms with Gasteiger partial charge < -0.3 is 85.8 Å². The van der Waals surface area contributed by atoms with Crippen LogP contribution in [0.3, 0.4) is 0 Å². The average molecular weight is 1870 g/mol. The average Bonchev–Trinajstić information content (AvgIpc) is 1.67. The Morgan fingerprint density at radius 2 is 0.707 bits per heavy atom. The van der Waals surface area contributed by atoms with Gasteiger partial charge in [0.25, 0.3) is 0 Å². The number of nitrogens with zero attached hydrogens (tertiary/aromatic N) is 10. The number of aliphatic hydroxyl groups is 1. The van der Waals surface area contributed by atoms with Crippen molar-refractivity contribution in [2.75, 3.05) is 104 Å². The number of H-pyrrole nitrogens is 3. The fourth-order valence-corrected chi connectivity index (χ4v) is 22.4. The molecule has 0 aliphatic carbocycles. The van der Waals surface area contributed by atoms with Crippen LogP contribution in [0.1, 0.15) is 199 Å². The monoisotopic (exact) mass is 1860 g/mol. The van der Waals surface area contributed by atoms with Crippen LogP contribution in [0.15, 0.2) is 161 Å². The minimum atomic E-state index is -2.53. The van der Waals surface area contributed by atoms with Gasteiger partial charge in [-0.25, -0.2) is 0 Å². The van der Waals surface area contributed by atoms with Crippen LogP contribution < -0.4 is 46.1 Å². The van der Waals surface area contributed by atoms with Crippen LogP contribution in [0.25, 0.3) is 33.1 Å². The smallest absolute Gasteiger partial charge is 0.231 e. The molecule has 4 aliphatic heterocycles. The van der Waals surface area contributed by atoms with Crippen LogP contribution in [-0.2, 0) is 28.6 Å². The van der Waals surface area contributed by atoms with Crippen molar-refractivity contribution in [2.45, 2.75) is 248 Å². The van der Waals surface area contributed by atoms with Crippen LogP contribution in [0.5, 0.6) is 17.2 Å². The highest BCUT2D eigenvalue weighted by molar-refractivity contribution is 8.01. The number of aryl methyl sites for hydroxylation is 3. The number of fused-ring (bicyclic) bond motifs is 3. The number of aromatic nitrogens is 9. The van der Waals surface area contributed by atoms with Crippen molar-refractivity contribution in [1.82, 2.24) is 64.5 Å². The van der Waals surface area contributed by atoms with Gasteiger partial charge in [-0.15, -0.1) is 0 Å². The van der Waals surface area contributed by atoms with E-state index in [0.29, 0.717) is 96.4 Å². The van der Waals surface area contributed by atoms with Crippen LogP contribution in [0.2, 0.25) is 0 Å². The lowest BCUT2D eigenvalue weighted by atomic mass is 9.85. The number of β-amino-alcohol motifs (C(OH)–C–C–N with tert-alkyl or cyclic N) is 1. The van der Waals surface area contributed by atoms with E-state index in [0.717, 1.165) is 139 Å². The van der Waals surface area contributed by atoms with Gasteiger partial charge in [-0.1, -0.05) is 77.9 Å². The first-order valence-corrected chi connectivity index (χ1v) is 52.8. The molecule has 12 aromatic rings. The normalized spacial score (nSPS) is 17.0. The van der Waals surface area contributed by atoms with E-state index in [1.54, 1.807) is 0 Å². The number of nitrogens with one attached hydrogen (secondary N) is 9. The molecule has 3 unspecified atom stereocenters. The Labute approximate surface area is 788 Å². The quantitative estimate of drug-likeness (QED) is 0.0181. The van der Waals surface area contributed by atoms with Crippen molar-refractivity contribution in [1.29, 1.82) is 0 Å². The molecule has 10 heterocycles. The van der Waals surface area contributed by atoms with Crippen LogP contribution >= 0.6 is 0 Å². The molecule has 3 atom stereocenters. The number of likely N-dealkylation sites (tertiary alicyclic amines) is 4. The van der Waals surface area contributed by atoms with Gasteiger partial charge in [-0.05, 0) is 347 Å². The summed E-state index contributed by atoms with van der Waals surface area (Å²) in [5.41, 5.74) is 14.3. The van der Waals surface area contributed by atoms with E-state index in [1.807, 2.05) is 179 Å². The summed E-state index contributed by atoms with van der Waals surface area (Å²) in [5.74, 6) is 19.2. The molecule has 0 spiro atoms. The third kappa shape index (κ3) is 23.4.